The van der Waals surface area contributed by atoms with Crippen molar-refractivity contribution >= 4 is 0 Å². The second-order valence-corrected chi connectivity index (χ2v) is 3.31. The van der Waals surface area contributed by atoms with Crippen molar-refractivity contribution in [3.8, 4) is 11.3 Å². The van der Waals surface area contributed by atoms with Crippen LogP contribution in [0.4, 0.5) is 4.39 Å². The van der Waals surface area contributed by atoms with Crippen LogP contribution >= 0.6 is 0 Å². The van der Waals surface area contributed by atoms with Crippen molar-refractivity contribution in [3.05, 3.63) is 48.0 Å². The standard InChI is InChI=1S/C12H12FNO/c1-14-8-9-4-5-10(13)7-11(9)12-3-2-6-15-12/h2-7,14H,8H2,1H3. The first kappa shape index (κ1) is 9.93. The average Bonchev–Trinajstić information content (AvgIpc) is 2.74. The van der Waals surface area contributed by atoms with Gasteiger partial charge in [-0.2, -0.15) is 0 Å². The molecule has 0 bridgehead atoms. The summed E-state index contributed by atoms with van der Waals surface area (Å²) in [6.07, 6.45) is 1.59. The third-order valence-corrected chi connectivity index (χ3v) is 2.23. The first-order valence-electron chi connectivity index (χ1n) is 4.78. The first-order chi connectivity index (χ1) is 7.31. The van der Waals surface area contributed by atoms with Crippen LogP contribution in [0.5, 0.6) is 0 Å². The lowest BCUT2D eigenvalue weighted by atomic mass is 10.1. The number of rotatable bonds is 3. The molecular formula is C12H12FNO. The molecule has 0 aliphatic carbocycles. The van der Waals surface area contributed by atoms with Crippen molar-refractivity contribution in [1.29, 1.82) is 0 Å². The third kappa shape index (κ3) is 2.07. The van der Waals surface area contributed by atoms with Gasteiger partial charge < -0.3 is 9.73 Å². The summed E-state index contributed by atoms with van der Waals surface area (Å²) in [6.45, 7) is 0.691. The van der Waals surface area contributed by atoms with E-state index >= 15 is 0 Å². The molecule has 1 heterocycles. The number of benzene rings is 1. The van der Waals surface area contributed by atoms with Crippen molar-refractivity contribution in [2.45, 2.75) is 6.54 Å². The zero-order valence-electron chi connectivity index (χ0n) is 8.46. The van der Waals surface area contributed by atoms with E-state index in [1.807, 2.05) is 13.1 Å². The van der Waals surface area contributed by atoms with Crippen LogP contribution in [0.2, 0.25) is 0 Å². The maximum atomic E-state index is 13.1. The largest absolute Gasteiger partial charge is 0.464 e. The normalized spacial score (nSPS) is 10.5. The van der Waals surface area contributed by atoms with Gasteiger partial charge in [-0.25, -0.2) is 4.39 Å². The highest BCUT2D eigenvalue weighted by Gasteiger charge is 2.08. The maximum absolute atomic E-state index is 13.1. The first-order valence-corrected chi connectivity index (χ1v) is 4.78. The summed E-state index contributed by atoms with van der Waals surface area (Å²) >= 11 is 0. The highest BCUT2D eigenvalue weighted by molar-refractivity contribution is 5.62. The van der Waals surface area contributed by atoms with Crippen LogP contribution in [-0.2, 0) is 6.54 Å². The summed E-state index contributed by atoms with van der Waals surface area (Å²) in [4.78, 5) is 0. The average molecular weight is 205 g/mol. The Morgan fingerprint density at radius 1 is 1.33 bits per heavy atom. The van der Waals surface area contributed by atoms with Gasteiger partial charge in [0.2, 0.25) is 0 Å². The van der Waals surface area contributed by atoms with E-state index in [9.17, 15) is 4.39 Å². The lowest BCUT2D eigenvalue weighted by Crippen LogP contribution is -2.06. The van der Waals surface area contributed by atoms with Crippen molar-refractivity contribution in [1.82, 2.24) is 5.32 Å². The highest BCUT2D eigenvalue weighted by atomic mass is 19.1. The van der Waals surface area contributed by atoms with Gasteiger partial charge in [0, 0.05) is 12.1 Å². The van der Waals surface area contributed by atoms with Crippen LogP contribution in [-0.4, -0.2) is 7.05 Å². The fourth-order valence-corrected chi connectivity index (χ4v) is 1.55. The minimum atomic E-state index is -0.249. The predicted molar refractivity (Wildman–Crippen MR) is 56.9 cm³/mol. The molecule has 0 saturated heterocycles. The van der Waals surface area contributed by atoms with E-state index in [2.05, 4.69) is 5.32 Å². The van der Waals surface area contributed by atoms with E-state index in [-0.39, 0.29) is 5.82 Å². The van der Waals surface area contributed by atoms with Gasteiger partial charge >= 0.3 is 0 Å². The van der Waals surface area contributed by atoms with Gasteiger partial charge in [0.15, 0.2) is 0 Å². The van der Waals surface area contributed by atoms with E-state index in [1.165, 1.54) is 12.1 Å². The molecule has 15 heavy (non-hydrogen) atoms. The minimum Gasteiger partial charge on any atom is -0.464 e. The zero-order chi connectivity index (χ0) is 10.7. The smallest absolute Gasteiger partial charge is 0.134 e. The third-order valence-electron chi connectivity index (χ3n) is 2.23. The maximum Gasteiger partial charge on any atom is 0.134 e. The van der Waals surface area contributed by atoms with Gasteiger partial charge in [0.25, 0.3) is 0 Å². The molecule has 0 radical (unpaired) electrons. The molecule has 0 amide bonds. The van der Waals surface area contributed by atoms with Gasteiger partial charge in [0.1, 0.15) is 11.6 Å². The SMILES string of the molecule is CNCc1ccc(F)cc1-c1ccco1. The van der Waals surface area contributed by atoms with Gasteiger partial charge in [-0.15, -0.1) is 0 Å². The molecule has 0 aliphatic rings. The highest BCUT2D eigenvalue weighted by Crippen LogP contribution is 2.25. The number of halogens is 1. The fourth-order valence-electron chi connectivity index (χ4n) is 1.55. The molecule has 3 heteroatoms. The Hall–Kier alpha value is -1.61. The second kappa shape index (κ2) is 4.28. The quantitative estimate of drug-likeness (QED) is 0.833. The Kier molecular flexibility index (Phi) is 2.83. The molecule has 0 atom stereocenters. The van der Waals surface area contributed by atoms with E-state index in [0.717, 1.165) is 11.1 Å². The summed E-state index contributed by atoms with van der Waals surface area (Å²) < 4.78 is 18.4. The topological polar surface area (TPSA) is 25.2 Å². The molecule has 2 aromatic rings. The lowest BCUT2D eigenvalue weighted by Gasteiger charge is -2.06. The van der Waals surface area contributed by atoms with Crippen LogP contribution in [0.1, 0.15) is 5.56 Å². The molecule has 0 saturated carbocycles. The zero-order valence-corrected chi connectivity index (χ0v) is 8.46. The van der Waals surface area contributed by atoms with Crippen LogP contribution in [0.25, 0.3) is 11.3 Å². The minimum absolute atomic E-state index is 0.249. The second-order valence-electron chi connectivity index (χ2n) is 3.31. The Morgan fingerprint density at radius 2 is 2.20 bits per heavy atom. The number of hydrogen-bond donors (Lipinski definition) is 1. The number of furan rings is 1. The molecule has 2 rings (SSSR count). The molecule has 0 aliphatic heterocycles. The molecule has 2 nitrogen and oxygen atoms in total. The van der Waals surface area contributed by atoms with Crippen LogP contribution in [0.3, 0.4) is 0 Å². The molecule has 78 valence electrons. The van der Waals surface area contributed by atoms with Crippen LogP contribution < -0.4 is 5.32 Å². The summed E-state index contributed by atoms with van der Waals surface area (Å²) in [6, 6.07) is 8.34. The number of hydrogen-bond acceptors (Lipinski definition) is 2. The van der Waals surface area contributed by atoms with E-state index < -0.39 is 0 Å². The molecule has 1 aromatic heterocycles. The summed E-state index contributed by atoms with van der Waals surface area (Å²) in [5.41, 5.74) is 1.82. The monoisotopic (exact) mass is 205 g/mol. The lowest BCUT2D eigenvalue weighted by molar-refractivity contribution is 0.578. The molecule has 1 aromatic carbocycles. The Bertz CT molecular complexity index is 437. The molecule has 0 unspecified atom stereocenters. The van der Waals surface area contributed by atoms with Gasteiger partial charge in [-0.3, -0.25) is 0 Å². The summed E-state index contributed by atoms with van der Waals surface area (Å²) in [7, 11) is 1.86. The fraction of sp³-hybridized carbons (Fsp3) is 0.167. The Balaban J connectivity index is 2.47. The molecule has 1 N–H and O–H groups in total. The van der Waals surface area contributed by atoms with E-state index in [0.29, 0.717) is 12.3 Å². The van der Waals surface area contributed by atoms with Crippen molar-refractivity contribution in [2.75, 3.05) is 7.05 Å². The van der Waals surface area contributed by atoms with E-state index in [4.69, 9.17) is 4.42 Å². The van der Waals surface area contributed by atoms with Crippen molar-refractivity contribution in [2.24, 2.45) is 0 Å². The van der Waals surface area contributed by atoms with Crippen LogP contribution in [0.15, 0.2) is 41.0 Å². The summed E-state index contributed by atoms with van der Waals surface area (Å²) in [5.74, 6) is 0.445. The van der Waals surface area contributed by atoms with Crippen LogP contribution in [0, 0.1) is 5.82 Å². The van der Waals surface area contributed by atoms with Crippen molar-refractivity contribution < 1.29 is 8.81 Å². The Morgan fingerprint density at radius 3 is 2.87 bits per heavy atom. The summed E-state index contributed by atoms with van der Waals surface area (Å²) in [5, 5.41) is 3.04. The molecule has 0 fully saturated rings. The predicted octanol–water partition coefficient (Wildman–Crippen LogP) is 2.81. The molecule has 0 spiro atoms. The van der Waals surface area contributed by atoms with Gasteiger partial charge in [0.05, 0.1) is 6.26 Å². The number of nitrogens with one attached hydrogen (secondary N) is 1. The van der Waals surface area contributed by atoms with Gasteiger partial charge in [-0.1, -0.05) is 6.07 Å². The Labute approximate surface area is 87.7 Å². The van der Waals surface area contributed by atoms with Crippen molar-refractivity contribution in [3.63, 3.8) is 0 Å². The molecular weight excluding hydrogens is 193 g/mol. The van der Waals surface area contributed by atoms with Gasteiger partial charge in [-0.05, 0) is 36.9 Å². The van der Waals surface area contributed by atoms with E-state index in [1.54, 1.807) is 18.4 Å².